The van der Waals surface area contributed by atoms with Gasteiger partial charge in [0.15, 0.2) is 5.96 Å². The molecule has 3 N–H and O–H groups in total. The van der Waals surface area contributed by atoms with Crippen LogP contribution in [0.3, 0.4) is 0 Å². The first-order chi connectivity index (χ1) is 13.8. The van der Waals surface area contributed by atoms with Gasteiger partial charge in [0.2, 0.25) is 0 Å². The molecule has 0 radical (unpaired) electrons. The Labute approximate surface area is 163 Å². The number of benzene rings is 2. The number of aromatic nitrogens is 2. The number of aliphatic imine (C=N–C) groups is 1. The molecule has 0 amide bonds. The highest BCUT2D eigenvalue weighted by atomic mass is 19.4. The van der Waals surface area contributed by atoms with Gasteiger partial charge in [0, 0.05) is 6.20 Å². The van der Waals surface area contributed by atoms with Crippen LogP contribution in [0.1, 0.15) is 11.3 Å². The SMILES string of the molecule is NC(=NCc1ccc(OC(F)(F)F)cc1)NCc1ccn(-c2ccc(F)cc2)n1. The van der Waals surface area contributed by atoms with Crippen LogP contribution in [0, 0.1) is 5.82 Å². The number of nitrogens with one attached hydrogen (secondary N) is 1. The van der Waals surface area contributed by atoms with Crippen LogP contribution in [0.5, 0.6) is 5.75 Å². The molecule has 0 unspecified atom stereocenters. The van der Waals surface area contributed by atoms with E-state index >= 15 is 0 Å². The molecule has 0 bridgehead atoms. The number of alkyl halides is 3. The van der Waals surface area contributed by atoms with Crippen LogP contribution in [0.2, 0.25) is 0 Å². The Morgan fingerprint density at radius 3 is 2.41 bits per heavy atom. The molecule has 6 nitrogen and oxygen atoms in total. The summed E-state index contributed by atoms with van der Waals surface area (Å²) in [5, 5.41) is 7.26. The van der Waals surface area contributed by atoms with E-state index in [-0.39, 0.29) is 24.1 Å². The van der Waals surface area contributed by atoms with Crippen molar-refractivity contribution in [2.75, 3.05) is 0 Å². The molecule has 0 aliphatic carbocycles. The number of ether oxygens (including phenoxy) is 1. The second-order valence-electron chi connectivity index (χ2n) is 5.97. The summed E-state index contributed by atoms with van der Waals surface area (Å²) in [5.74, 6) is -0.459. The van der Waals surface area contributed by atoms with E-state index in [4.69, 9.17) is 5.73 Å². The number of nitrogens with zero attached hydrogens (tertiary/aromatic N) is 3. The highest BCUT2D eigenvalue weighted by Crippen LogP contribution is 2.22. The van der Waals surface area contributed by atoms with E-state index < -0.39 is 6.36 Å². The lowest BCUT2D eigenvalue weighted by molar-refractivity contribution is -0.274. The molecule has 0 saturated heterocycles. The quantitative estimate of drug-likeness (QED) is 0.372. The average Bonchev–Trinajstić information content (AvgIpc) is 3.14. The van der Waals surface area contributed by atoms with Crippen LogP contribution >= 0.6 is 0 Å². The summed E-state index contributed by atoms with van der Waals surface area (Å²) in [5.41, 5.74) is 7.89. The van der Waals surface area contributed by atoms with Crippen molar-refractivity contribution in [1.29, 1.82) is 0 Å². The van der Waals surface area contributed by atoms with E-state index in [2.05, 4.69) is 20.1 Å². The van der Waals surface area contributed by atoms with E-state index in [0.29, 0.717) is 17.8 Å². The largest absolute Gasteiger partial charge is 0.573 e. The Bertz CT molecular complexity index is 966. The fraction of sp³-hybridized carbons (Fsp3) is 0.158. The normalized spacial score (nSPS) is 12.1. The van der Waals surface area contributed by atoms with Crippen LogP contribution in [-0.2, 0) is 13.1 Å². The zero-order chi connectivity index (χ0) is 20.9. The number of guanidine groups is 1. The van der Waals surface area contributed by atoms with Crippen molar-refractivity contribution in [1.82, 2.24) is 15.1 Å². The van der Waals surface area contributed by atoms with Crippen LogP contribution < -0.4 is 15.8 Å². The molecule has 1 heterocycles. The first-order valence-electron chi connectivity index (χ1n) is 8.47. The van der Waals surface area contributed by atoms with Crippen molar-refractivity contribution in [3.8, 4) is 11.4 Å². The maximum absolute atomic E-state index is 13.0. The molecule has 1 aromatic heterocycles. The molecule has 0 aliphatic heterocycles. The van der Waals surface area contributed by atoms with Gasteiger partial charge in [-0.05, 0) is 48.0 Å². The fourth-order valence-corrected chi connectivity index (χ4v) is 2.40. The van der Waals surface area contributed by atoms with Crippen molar-refractivity contribution < 1.29 is 22.3 Å². The number of nitrogens with two attached hydrogens (primary N) is 1. The van der Waals surface area contributed by atoms with E-state index in [1.807, 2.05) is 0 Å². The molecule has 29 heavy (non-hydrogen) atoms. The van der Waals surface area contributed by atoms with Crippen LogP contribution in [0.4, 0.5) is 17.6 Å². The van der Waals surface area contributed by atoms with Crippen molar-refractivity contribution in [2.24, 2.45) is 10.7 Å². The lowest BCUT2D eigenvalue weighted by Crippen LogP contribution is -2.31. The third-order valence-corrected chi connectivity index (χ3v) is 3.78. The molecule has 0 spiro atoms. The molecular weight excluding hydrogens is 390 g/mol. The smallest absolute Gasteiger partial charge is 0.406 e. The Morgan fingerprint density at radius 1 is 1.07 bits per heavy atom. The number of hydrogen-bond acceptors (Lipinski definition) is 3. The minimum atomic E-state index is -4.72. The number of hydrogen-bond donors (Lipinski definition) is 2. The molecule has 0 aliphatic rings. The minimum Gasteiger partial charge on any atom is -0.406 e. The monoisotopic (exact) mass is 407 g/mol. The average molecular weight is 407 g/mol. The van der Waals surface area contributed by atoms with E-state index in [9.17, 15) is 17.6 Å². The Balaban J connectivity index is 1.51. The zero-order valence-electron chi connectivity index (χ0n) is 15.0. The van der Waals surface area contributed by atoms with Gasteiger partial charge in [0.25, 0.3) is 0 Å². The highest BCUT2D eigenvalue weighted by Gasteiger charge is 2.30. The second-order valence-corrected chi connectivity index (χ2v) is 5.97. The maximum atomic E-state index is 13.0. The van der Waals surface area contributed by atoms with E-state index in [0.717, 1.165) is 5.69 Å². The maximum Gasteiger partial charge on any atom is 0.573 e. The van der Waals surface area contributed by atoms with Crippen LogP contribution in [0.15, 0.2) is 65.8 Å². The summed E-state index contributed by atoms with van der Waals surface area (Å²) < 4.78 is 54.8. The Kier molecular flexibility index (Phi) is 6.01. The predicted octanol–water partition coefficient (Wildman–Crippen LogP) is 3.51. The summed E-state index contributed by atoms with van der Waals surface area (Å²) in [6, 6.07) is 13.1. The van der Waals surface area contributed by atoms with Crippen molar-refractivity contribution in [3.63, 3.8) is 0 Å². The first-order valence-corrected chi connectivity index (χ1v) is 8.47. The first kappa shape index (κ1) is 20.2. The molecule has 3 rings (SSSR count). The third kappa shape index (κ3) is 6.23. The van der Waals surface area contributed by atoms with Crippen LogP contribution in [0.25, 0.3) is 5.69 Å². The minimum absolute atomic E-state index is 0.164. The molecule has 0 fully saturated rings. The predicted molar refractivity (Wildman–Crippen MR) is 98.8 cm³/mol. The summed E-state index contributed by atoms with van der Waals surface area (Å²) in [4.78, 5) is 4.13. The van der Waals surface area contributed by atoms with Gasteiger partial charge in [-0.3, -0.25) is 0 Å². The summed E-state index contributed by atoms with van der Waals surface area (Å²) in [7, 11) is 0. The lowest BCUT2D eigenvalue weighted by atomic mass is 10.2. The lowest BCUT2D eigenvalue weighted by Gasteiger charge is -2.09. The summed E-state index contributed by atoms with van der Waals surface area (Å²) in [6.07, 6.45) is -2.99. The third-order valence-electron chi connectivity index (χ3n) is 3.78. The summed E-state index contributed by atoms with van der Waals surface area (Å²) >= 11 is 0. The fourth-order valence-electron chi connectivity index (χ4n) is 2.40. The Hall–Kier alpha value is -3.56. The van der Waals surface area contributed by atoms with E-state index in [1.165, 1.54) is 36.4 Å². The van der Waals surface area contributed by atoms with Crippen molar-refractivity contribution in [2.45, 2.75) is 19.5 Å². The topological polar surface area (TPSA) is 77.5 Å². The van der Waals surface area contributed by atoms with Gasteiger partial charge in [-0.2, -0.15) is 5.10 Å². The van der Waals surface area contributed by atoms with Gasteiger partial charge >= 0.3 is 6.36 Å². The molecule has 152 valence electrons. The molecule has 0 atom stereocenters. The van der Waals surface area contributed by atoms with Gasteiger partial charge < -0.3 is 15.8 Å². The van der Waals surface area contributed by atoms with Gasteiger partial charge in [-0.15, -0.1) is 13.2 Å². The molecular formula is C19H17F4N5O. The molecule has 3 aromatic rings. The van der Waals surface area contributed by atoms with Crippen LogP contribution in [-0.4, -0.2) is 22.1 Å². The van der Waals surface area contributed by atoms with Gasteiger partial charge in [0.1, 0.15) is 11.6 Å². The second kappa shape index (κ2) is 8.63. The highest BCUT2D eigenvalue weighted by molar-refractivity contribution is 5.77. The Morgan fingerprint density at radius 2 is 1.76 bits per heavy atom. The number of rotatable bonds is 6. The zero-order valence-corrected chi connectivity index (χ0v) is 15.0. The molecule has 2 aromatic carbocycles. The molecule has 10 heteroatoms. The van der Waals surface area contributed by atoms with Gasteiger partial charge in [-0.25, -0.2) is 14.1 Å². The van der Waals surface area contributed by atoms with Crippen molar-refractivity contribution in [3.05, 3.63) is 77.9 Å². The van der Waals surface area contributed by atoms with Gasteiger partial charge in [-0.1, -0.05) is 12.1 Å². The standard InChI is InChI=1S/C19H17F4N5O/c20-14-3-5-16(6-4-14)28-10-9-15(27-28)12-26-18(24)25-11-13-1-7-17(8-2-13)29-19(21,22)23/h1-10H,11-12H2,(H3,24,25,26). The molecule has 0 saturated carbocycles. The number of halogens is 4. The van der Waals surface area contributed by atoms with Crippen molar-refractivity contribution >= 4 is 5.96 Å². The summed E-state index contributed by atoms with van der Waals surface area (Å²) in [6.45, 7) is 0.511. The van der Waals surface area contributed by atoms with E-state index in [1.54, 1.807) is 29.1 Å². The van der Waals surface area contributed by atoms with Gasteiger partial charge in [0.05, 0.1) is 24.5 Å².